The van der Waals surface area contributed by atoms with Crippen molar-refractivity contribution in [1.82, 2.24) is 0 Å². The topological polar surface area (TPSA) is 111 Å². The highest BCUT2D eigenvalue weighted by atomic mass is 16.4. The second-order valence-corrected chi connectivity index (χ2v) is 10.3. The second-order valence-electron chi connectivity index (χ2n) is 10.3. The number of carboxylic acids is 1. The predicted octanol–water partition coefficient (Wildman–Crippen LogP) is 7.24. The minimum Gasteiger partial charge on any atom is -0.505 e. The molecule has 7 heteroatoms. The normalized spacial score (nSPS) is 16.0. The highest BCUT2D eigenvalue weighted by Crippen LogP contribution is 2.37. The number of fused-ring (bicyclic) bond motifs is 1. The minimum absolute atomic E-state index is 0.0972. The lowest BCUT2D eigenvalue weighted by atomic mass is 9.83. The van der Waals surface area contributed by atoms with Gasteiger partial charge >= 0.3 is 5.97 Å². The van der Waals surface area contributed by atoms with E-state index in [-0.39, 0.29) is 22.9 Å². The van der Waals surface area contributed by atoms with Crippen LogP contribution in [0.1, 0.15) is 59.5 Å². The number of hydrogen-bond acceptors (Lipinski definition) is 5. The molecule has 4 N–H and O–H groups in total. The Kier molecular flexibility index (Phi) is 6.78. The smallest absolute Gasteiger partial charge is 0.335 e. The fourth-order valence-corrected chi connectivity index (χ4v) is 5.63. The van der Waals surface area contributed by atoms with Gasteiger partial charge in [-0.25, -0.2) is 4.79 Å². The van der Waals surface area contributed by atoms with E-state index >= 15 is 0 Å². The van der Waals surface area contributed by atoms with Crippen LogP contribution >= 0.6 is 0 Å². The zero-order valence-corrected chi connectivity index (χ0v) is 21.9. The highest BCUT2D eigenvalue weighted by Gasteiger charge is 2.27. The number of aromatic hydroxyl groups is 1. The molecule has 0 unspecified atom stereocenters. The van der Waals surface area contributed by atoms with Crippen LogP contribution < -0.4 is 10.7 Å². The molecule has 0 radical (unpaired) electrons. The zero-order chi connectivity index (χ0) is 27.6. The molecule has 1 saturated carbocycles. The third-order valence-corrected chi connectivity index (χ3v) is 7.80. The summed E-state index contributed by atoms with van der Waals surface area (Å²) in [6.07, 6.45) is 6.48. The van der Waals surface area contributed by atoms with E-state index in [0.29, 0.717) is 34.0 Å². The first-order valence-electron chi connectivity index (χ1n) is 13.5. The summed E-state index contributed by atoms with van der Waals surface area (Å²) in [6, 6.07) is 26.0. The summed E-state index contributed by atoms with van der Waals surface area (Å²) in [5.41, 5.74) is 9.31. The third kappa shape index (κ3) is 4.94. The Hall–Kier alpha value is -4.91. The molecule has 1 aliphatic carbocycles. The number of hydrogen-bond donors (Lipinski definition) is 4. The summed E-state index contributed by atoms with van der Waals surface area (Å²) in [4.78, 5) is 24.2. The molecule has 1 amide bonds. The average molecular weight is 532 g/mol. The highest BCUT2D eigenvalue weighted by molar-refractivity contribution is 6.54. The van der Waals surface area contributed by atoms with Gasteiger partial charge in [-0.3, -0.25) is 10.2 Å². The van der Waals surface area contributed by atoms with Crippen molar-refractivity contribution in [3.63, 3.8) is 0 Å². The van der Waals surface area contributed by atoms with Crippen LogP contribution in [0.15, 0.2) is 90.0 Å². The number of rotatable bonds is 6. The van der Waals surface area contributed by atoms with Gasteiger partial charge in [-0.15, -0.1) is 0 Å². The lowest BCUT2D eigenvalue weighted by molar-refractivity contribution is -0.110. The quantitative estimate of drug-likeness (QED) is 0.155. The van der Waals surface area contributed by atoms with Crippen LogP contribution in [-0.2, 0) is 4.79 Å². The van der Waals surface area contributed by atoms with Crippen molar-refractivity contribution in [3.05, 3.63) is 102 Å². The van der Waals surface area contributed by atoms with Gasteiger partial charge in [-0.1, -0.05) is 73.9 Å². The summed E-state index contributed by atoms with van der Waals surface area (Å²) in [5.74, 6) is -0.826. The molecule has 1 heterocycles. The van der Waals surface area contributed by atoms with E-state index in [9.17, 15) is 19.8 Å². The van der Waals surface area contributed by atoms with E-state index in [0.717, 1.165) is 11.1 Å². The number of phenolic OH excluding ortho intramolecular Hbond substituents is 1. The Balaban J connectivity index is 1.23. The van der Waals surface area contributed by atoms with Crippen molar-refractivity contribution in [1.29, 1.82) is 0 Å². The second kappa shape index (κ2) is 10.7. The van der Waals surface area contributed by atoms with E-state index in [1.54, 1.807) is 30.3 Å². The number of para-hydroxylation sites is 1. The summed E-state index contributed by atoms with van der Waals surface area (Å²) in [6.45, 7) is 0. The first kappa shape index (κ1) is 25.4. The summed E-state index contributed by atoms with van der Waals surface area (Å²) in [5, 5.41) is 27.4. The molecule has 0 aromatic heterocycles. The van der Waals surface area contributed by atoms with Crippen molar-refractivity contribution < 1.29 is 19.8 Å². The SMILES string of the molecule is O=C1Nc2cc(-c3ccc(C4CCCCC4)cc3)ccc2C1=NNc1cccc(-c2cccc(C(=O)O)c2)c1O. The zero-order valence-electron chi connectivity index (χ0n) is 21.9. The molecule has 40 heavy (non-hydrogen) atoms. The molecule has 0 saturated heterocycles. The summed E-state index contributed by atoms with van der Waals surface area (Å²) >= 11 is 0. The number of phenols is 1. The Bertz CT molecular complexity index is 1640. The van der Waals surface area contributed by atoms with Gasteiger partial charge in [0.1, 0.15) is 5.75 Å². The molecule has 1 aliphatic heterocycles. The molecular formula is C33H29N3O4. The molecule has 4 aromatic carbocycles. The Morgan fingerprint density at radius 3 is 2.35 bits per heavy atom. The van der Waals surface area contributed by atoms with Gasteiger partial charge in [0.05, 0.1) is 16.9 Å². The lowest BCUT2D eigenvalue weighted by Gasteiger charge is -2.22. The maximum absolute atomic E-state index is 12.8. The van der Waals surface area contributed by atoms with Crippen LogP contribution in [0.3, 0.4) is 0 Å². The van der Waals surface area contributed by atoms with Crippen molar-refractivity contribution in [3.8, 4) is 28.0 Å². The van der Waals surface area contributed by atoms with Gasteiger partial charge in [-0.2, -0.15) is 5.10 Å². The molecule has 1 fully saturated rings. The van der Waals surface area contributed by atoms with Crippen LogP contribution in [0.25, 0.3) is 22.3 Å². The van der Waals surface area contributed by atoms with Crippen LogP contribution in [0.5, 0.6) is 5.75 Å². The molecule has 0 spiro atoms. The summed E-state index contributed by atoms with van der Waals surface area (Å²) < 4.78 is 0. The molecule has 0 bridgehead atoms. The number of hydrazone groups is 1. The number of carboxylic acid groups (broad SMARTS) is 1. The van der Waals surface area contributed by atoms with Crippen LogP contribution in [0.2, 0.25) is 0 Å². The van der Waals surface area contributed by atoms with Gasteiger partial charge < -0.3 is 15.5 Å². The van der Waals surface area contributed by atoms with Crippen molar-refractivity contribution >= 4 is 29.0 Å². The van der Waals surface area contributed by atoms with Gasteiger partial charge in [0.25, 0.3) is 5.91 Å². The van der Waals surface area contributed by atoms with Crippen LogP contribution in [-0.4, -0.2) is 27.8 Å². The maximum Gasteiger partial charge on any atom is 0.335 e. The molecule has 6 rings (SSSR count). The van der Waals surface area contributed by atoms with Gasteiger partial charge in [-0.05, 0) is 71.3 Å². The number of aromatic carboxylic acids is 1. The van der Waals surface area contributed by atoms with Gasteiger partial charge in [0, 0.05) is 11.1 Å². The van der Waals surface area contributed by atoms with Gasteiger partial charge in [0.15, 0.2) is 5.71 Å². The number of carbonyl (C=O) groups is 2. The number of anilines is 2. The third-order valence-electron chi connectivity index (χ3n) is 7.80. The fraction of sp³-hybridized carbons (Fsp3) is 0.182. The molecule has 0 atom stereocenters. The number of nitrogens with one attached hydrogen (secondary N) is 2. The minimum atomic E-state index is -1.05. The van der Waals surface area contributed by atoms with Crippen molar-refractivity contribution in [2.24, 2.45) is 5.10 Å². The molecule has 7 nitrogen and oxygen atoms in total. The van der Waals surface area contributed by atoms with E-state index < -0.39 is 5.97 Å². The van der Waals surface area contributed by atoms with E-state index in [2.05, 4.69) is 40.1 Å². The number of benzene rings is 4. The van der Waals surface area contributed by atoms with Crippen molar-refractivity contribution in [2.45, 2.75) is 38.0 Å². The maximum atomic E-state index is 12.8. The molecule has 200 valence electrons. The number of amides is 1. The van der Waals surface area contributed by atoms with Crippen molar-refractivity contribution in [2.75, 3.05) is 10.7 Å². The average Bonchev–Trinajstić information content (AvgIpc) is 3.31. The fourth-order valence-electron chi connectivity index (χ4n) is 5.63. The van der Waals surface area contributed by atoms with E-state index in [1.807, 2.05) is 18.2 Å². The predicted molar refractivity (Wildman–Crippen MR) is 157 cm³/mol. The Morgan fingerprint density at radius 2 is 1.57 bits per heavy atom. The van der Waals surface area contributed by atoms with E-state index in [4.69, 9.17) is 0 Å². The lowest BCUT2D eigenvalue weighted by Crippen LogP contribution is -2.15. The van der Waals surface area contributed by atoms with Gasteiger partial charge in [0.2, 0.25) is 0 Å². The van der Waals surface area contributed by atoms with E-state index in [1.165, 1.54) is 49.8 Å². The largest absolute Gasteiger partial charge is 0.505 e. The first-order chi connectivity index (χ1) is 19.5. The number of carbonyl (C=O) groups excluding carboxylic acids is 1. The number of nitrogens with zero attached hydrogens (tertiary/aromatic N) is 1. The molecule has 4 aromatic rings. The molecule has 2 aliphatic rings. The standard InChI is InChI=1S/C33H29N3O4/c37-31-26(24-8-4-9-25(18-24)33(39)40)10-5-11-28(31)35-36-30-27-17-16-23(19-29(27)34-32(30)38)22-14-12-21(13-15-22)20-6-2-1-3-7-20/h4-5,8-20,35,37H,1-3,6-7H2,(H,39,40)(H,34,36,38). The first-order valence-corrected chi connectivity index (χ1v) is 13.5. The monoisotopic (exact) mass is 531 g/mol. The van der Waals surface area contributed by atoms with Crippen LogP contribution in [0.4, 0.5) is 11.4 Å². The Labute approximate surface area is 232 Å². The summed E-state index contributed by atoms with van der Waals surface area (Å²) in [7, 11) is 0. The molecular weight excluding hydrogens is 502 g/mol. The van der Waals surface area contributed by atoms with Crippen LogP contribution in [0, 0.1) is 0 Å². The Morgan fingerprint density at radius 1 is 0.825 bits per heavy atom.